The SMILES string of the molecule is Cc1cccc2c1CC(=O)[C@@H](NC(=O)[C@H](CCC(F)(F)F)[C@H](CCC(F)(F)F)C(=O)CSC[C@H](N)C(=O)OC(C)(C)C)N=C2c1cccc(F)c1. The Hall–Kier alpha value is -3.79. The van der Waals surface area contributed by atoms with E-state index in [1.807, 2.05) is 0 Å². The average molecular weight is 748 g/mol. The summed E-state index contributed by atoms with van der Waals surface area (Å²) in [6.07, 6.45) is -16.9. The van der Waals surface area contributed by atoms with Gasteiger partial charge in [0.25, 0.3) is 0 Å². The summed E-state index contributed by atoms with van der Waals surface area (Å²) in [5.74, 6) is -8.97. The lowest BCUT2D eigenvalue weighted by Crippen LogP contribution is -2.46. The van der Waals surface area contributed by atoms with Gasteiger partial charge in [0.05, 0.1) is 11.5 Å². The van der Waals surface area contributed by atoms with Gasteiger partial charge in [0.1, 0.15) is 23.2 Å². The van der Waals surface area contributed by atoms with Crippen LogP contribution in [0.3, 0.4) is 0 Å². The molecule has 0 fully saturated rings. The van der Waals surface area contributed by atoms with Gasteiger partial charge in [0, 0.05) is 48.0 Å². The van der Waals surface area contributed by atoms with Gasteiger partial charge < -0.3 is 15.8 Å². The van der Waals surface area contributed by atoms with Crippen molar-refractivity contribution >= 4 is 40.9 Å². The van der Waals surface area contributed by atoms with Crippen molar-refractivity contribution in [2.45, 2.75) is 90.0 Å². The molecule has 4 atom stereocenters. The molecule has 3 rings (SSSR count). The average Bonchev–Trinajstić information content (AvgIpc) is 3.13. The molecule has 0 bridgehead atoms. The number of ether oxygens (including phenoxy) is 1. The van der Waals surface area contributed by atoms with Crippen molar-refractivity contribution in [3.63, 3.8) is 0 Å². The minimum Gasteiger partial charge on any atom is -0.459 e. The number of alkyl halides is 6. The molecule has 1 heterocycles. The quantitative estimate of drug-likeness (QED) is 0.169. The Balaban J connectivity index is 1.96. The van der Waals surface area contributed by atoms with Crippen LogP contribution in [0.1, 0.15) is 68.7 Å². The van der Waals surface area contributed by atoms with Crippen LogP contribution in [0.2, 0.25) is 0 Å². The maximum Gasteiger partial charge on any atom is 0.389 e. The van der Waals surface area contributed by atoms with E-state index in [9.17, 15) is 49.9 Å². The zero-order valence-electron chi connectivity index (χ0n) is 28.4. The van der Waals surface area contributed by atoms with Crippen LogP contribution in [0.5, 0.6) is 0 Å². The smallest absolute Gasteiger partial charge is 0.389 e. The Labute approximate surface area is 295 Å². The molecule has 0 unspecified atom stereocenters. The predicted molar refractivity (Wildman–Crippen MR) is 178 cm³/mol. The first-order chi connectivity index (χ1) is 23.5. The van der Waals surface area contributed by atoms with Crippen molar-refractivity contribution in [3.8, 4) is 0 Å². The lowest BCUT2D eigenvalue weighted by Gasteiger charge is -2.28. The van der Waals surface area contributed by atoms with E-state index in [2.05, 4.69) is 10.3 Å². The van der Waals surface area contributed by atoms with Gasteiger partial charge in [0.15, 0.2) is 11.9 Å². The number of carbonyl (C=O) groups excluding carboxylic acids is 4. The number of aryl methyl sites for hydroxylation is 1. The normalized spacial score (nSPS) is 17.1. The first kappa shape index (κ1) is 41.6. The Morgan fingerprint density at radius 3 is 2.18 bits per heavy atom. The summed E-state index contributed by atoms with van der Waals surface area (Å²) in [5, 5.41) is 2.30. The number of hydrogen-bond acceptors (Lipinski definition) is 8. The fourth-order valence-electron chi connectivity index (χ4n) is 5.50. The molecule has 51 heavy (non-hydrogen) atoms. The second kappa shape index (κ2) is 17.2. The molecular weight excluding hydrogens is 707 g/mol. The summed E-state index contributed by atoms with van der Waals surface area (Å²) in [6.45, 7) is 6.52. The molecule has 3 N–H and O–H groups in total. The van der Waals surface area contributed by atoms with Crippen LogP contribution in [-0.4, -0.2) is 70.8 Å². The van der Waals surface area contributed by atoms with E-state index in [4.69, 9.17) is 10.5 Å². The number of fused-ring (bicyclic) bond motifs is 1. The number of nitrogens with zero attached hydrogens (tertiary/aromatic N) is 1. The second-order valence-corrected chi connectivity index (χ2v) is 14.3. The number of rotatable bonds is 14. The molecule has 0 aromatic heterocycles. The van der Waals surface area contributed by atoms with E-state index in [0.717, 1.165) is 17.8 Å². The number of nitrogens with one attached hydrogen (secondary N) is 1. The number of Topliss-reactive ketones (excluding diaryl/α,β-unsaturated/α-hetero) is 2. The summed E-state index contributed by atoms with van der Waals surface area (Å²) in [4.78, 5) is 57.4. The predicted octanol–water partition coefficient (Wildman–Crippen LogP) is 6.43. The van der Waals surface area contributed by atoms with Crippen molar-refractivity contribution in [2.75, 3.05) is 11.5 Å². The van der Waals surface area contributed by atoms with Gasteiger partial charge in [-0.1, -0.05) is 30.3 Å². The Bertz CT molecular complexity index is 1620. The van der Waals surface area contributed by atoms with Gasteiger partial charge >= 0.3 is 18.3 Å². The number of aliphatic imine (C=N–C) groups is 1. The highest BCUT2D eigenvalue weighted by atomic mass is 32.2. The molecule has 8 nitrogen and oxygen atoms in total. The largest absolute Gasteiger partial charge is 0.459 e. The molecule has 0 saturated carbocycles. The van der Waals surface area contributed by atoms with E-state index >= 15 is 0 Å². The lowest BCUT2D eigenvalue weighted by molar-refractivity contribution is -0.155. The van der Waals surface area contributed by atoms with Gasteiger partial charge in [-0.25, -0.2) is 4.39 Å². The van der Waals surface area contributed by atoms with Crippen LogP contribution in [0.4, 0.5) is 30.7 Å². The number of ketones is 2. The number of halogens is 7. The van der Waals surface area contributed by atoms with Crippen LogP contribution < -0.4 is 11.1 Å². The van der Waals surface area contributed by atoms with Crippen molar-refractivity contribution < 1.29 is 54.6 Å². The van der Waals surface area contributed by atoms with Gasteiger partial charge in [-0.15, -0.1) is 0 Å². The molecule has 2 aromatic rings. The van der Waals surface area contributed by atoms with Crippen LogP contribution in [0.25, 0.3) is 0 Å². The van der Waals surface area contributed by atoms with Crippen molar-refractivity contribution in [3.05, 3.63) is 70.5 Å². The Morgan fingerprint density at radius 1 is 0.980 bits per heavy atom. The third-order valence-corrected chi connectivity index (χ3v) is 9.00. The van der Waals surface area contributed by atoms with Gasteiger partial charge in [0.2, 0.25) is 5.91 Å². The van der Waals surface area contributed by atoms with Crippen molar-refractivity contribution in [1.82, 2.24) is 5.32 Å². The number of hydrogen-bond donors (Lipinski definition) is 2. The fraction of sp³-hybridized carbons (Fsp3) is 0.514. The molecule has 0 radical (unpaired) electrons. The summed E-state index contributed by atoms with van der Waals surface area (Å²) in [5.41, 5.74) is 6.90. The second-order valence-electron chi connectivity index (χ2n) is 13.3. The first-order valence-corrected chi connectivity index (χ1v) is 17.2. The maximum absolute atomic E-state index is 14.3. The van der Waals surface area contributed by atoms with Gasteiger partial charge in [-0.3, -0.25) is 24.2 Å². The third-order valence-electron chi connectivity index (χ3n) is 7.92. The number of nitrogens with two attached hydrogens (primary N) is 1. The molecule has 1 amide bonds. The van der Waals surface area contributed by atoms with E-state index in [1.165, 1.54) is 18.2 Å². The minimum absolute atomic E-state index is 0.0959. The molecule has 1 aliphatic rings. The molecule has 0 aliphatic carbocycles. The molecule has 0 saturated heterocycles. The minimum atomic E-state index is -4.84. The Kier molecular flexibility index (Phi) is 14.0. The molecule has 280 valence electrons. The zero-order valence-corrected chi connectivity index (χ0v) is 29.2. The summed E-state index contributed by atoms with van der Waals surface area (Å²) >= 11 is 0.753. The van der Waals surface area contributed by atoms with E-state index in [1.54, 1.807) is 45.9 Å². The number of esters is 1. The van der Waals surface area contributed by atoms with E-state index < -0.39 is 103 Å². The highest BCUT2D eigenvalue weighted by Gasteiger charge is 2.41. The lowest BCUT2D eigenvalue weighted by atomic mass is 9.81. The molecule has 16 heteroatoms. The zero-order chi connectivity index (χ0) is 38.3. The third kappa shape index (κ3) is 13.0. The summed E-state index contributed by atoms with van der Waals surface area (Å²) in [6, 6.07) is 9.02. The monoisotopic (exact) mass is 747 g/mol. The number of amides is 1. The van der Waals surface area contributed by atoms with Crippen LogP contribution in [0.15, 0.2) is 47.5 Å². The fourth-order valence-corrected chi connectivity index (χ4v) is 6.42. The number of thioether (sulfide) groups is 1. The van der Waals surface area contributed by atoms with Crippen LogP contribution in [-0.2, 0) is 30.3 Å². The van der Waals surface area contributed by atoms with Crippen LogP contribution >= 0.6 is 11.8 Å². The topological polar surface area (TPSA) is 128 Å². The van der Waals surface area contributed by atoms with Crippen LogP contribution in [0, 0.1) is 24.6 Å². The van der Waals surface area contributed by atoms with Crippen molar-refractivity contribution in [1.29, 1.82) is 0 Å². The maximum atomic E-state index is 14.3. The first-order valence-electron chi connectivity index (χ1n) is 16.0. The van der Waals surface area contributed by atoms with Gasteiger partial charge in [-0.2, -0.15) is 38.1 Å². The molecule has 0 spiro atoms. The number of carbonyl (C=O) groups is 4. The molecule has 2 aromatic carbocycles. The molecule has 1 aliphatic heterocycles. The van der Waals surface area contributed by atoms with E-state index in [0.29, 0.717) is 16.7 Å². The molecular formula is C35H40F7N3O5S. The summed E-state index contributed by atoms with van der Waals surface area (Å²) in [7, 11) is 0. The summed E-state index contributed by atoms with van der Waals surface area (Å²) < 4.78 is 100. The van der Waals surface area contributed by atoms with E-state index in [-0.39, 0.29) is 23.4 Å². The highest BCUT2D eigenvalue weighted by Crippen LogP contribution is 2.34. The van der Waals surface area contributed by atoms with Crippen molar-refractivity contribution in [2.24, 2.45) is 22.6 Å². The Morgan fingerprint density at radius 2 is 1.59 bits per heavy atom. The number of benzene rings is 2. The standard InChI is InChI=1S/C35H40F7N3O5S/c1-19-7-5-10-23-25(19)16-27(46)30(44-29(23)20-8-6-9-21(36)15-20)45-31(48)24(12-14-35(40,41)42)22(11-13-34(37,38)39)28(47)18-51-17-26(43)32(49)50-33(2,3)4/h5-10,15,22,24,26,30H,11-14,16-18,43H2,1-4H3,(H,45,48)/t22-,24+,26-,30+/m0/s1. The van der Waals surface area contributed by atoms with Gasteiger partial charge in [-0.05, 0) is 63.8 Å². The highest BCUT2D eigenvalue weighted by molar-refractivity contribution is 8.00.